The van der Waals surface area contributed by atoms with Gasteiger partial charge in [-0.05, 0) is 41.3 Å². The van der Waals surface area contributed by atoms with Crippen molar-refractivity contribution in [1.29, 1.82) is 5.26 Å². The zero-order valence-corrected chi connectivity index (χ0v) is 16.2. The van der Waals surface area contributed by atoms with Crippen LogP contribution < -0.4 is 4.74 Å². The van der Waals surface area contributed by atoms with Crippen LogP contribution in [0.4, 0.5) is 0 Å². The molecule has 7 nitrogen and oxygen atoms in total. The van der Waals surface area contributed by atoms with E-state index >= 15 is 0 Å². The van der Waals surface area contributed by atoms with E-state index < -0.39 is 0 Å². The van der Waals surface area contributed by atoms with Crippen molar-refractivity contribution in [1.82, 2.24) is 0 Å². The first-order chi connectivity index (χ1) is 14.0. The van der Waals surface area contributed by atoms with Crippen LogP contribution in [0.2, 0.25) is 0 Å². The molecule has 2 aromatic carbocycles. The number of esters is 1. The van der Waals surface area contributed by atoms with Gasteiger partial charge in [0, 0.05) is 18.8 Å². The summed E-state index contributed by atoms with van der Waals surface area (Å²) >= 11 is 0. The van der Waals surface area contributed by atoms with Crippen LogP contribution >= 0.6 is 0 Å². The summed E-state index contributed by atoms with van der Waals surface area (Å²) < 4.78 is 9.84. The number of rotatable bonds is 11. The first-order valence-corrected chi connectivity index (χ1v) is 9.36. The number of benzene rings is 2. The van der Waals surface area contributed by atoms with Crippen LogP contribution in [0.5, 0.6) is 5.75 Å². The largest absolute Gasteiger partial charge is 0.427 e. The van der Waals surface area contributed by atoms with Crippen molar-refractivity contribution in [3.05, 3.63) is 42.0 Å². The zero-order valence-electron chi connectivity index (χ0n) is 16.2. The van der Waals surface area contributed by atoms with E-state index in [1.165, 1.54) is 6.08 Å². The zero-order chi connectivity index (χ0) is 21.1. The van der Waals surface area contributed by atoms with Gasteiger partial charge in [-0.25, -0.2) is 9.79 Å². The molecule has 0 N–H and O–H groups in total. The fourth-order valence-corrected chi connectivity index (χ4v) is 2.87. The van der Waals surface area contributed by atoms with Crippen LogP contribution in [0, 0.1) is 11.5 Å². The average molecular weight is 394 g/mol. The fourth-order valence-electron chi connectivity index (χ4n) is 2.87. The summed E-state index contributed by atoms with van der Waals surface area (Å²) in [4.78, 5) is 37.7. The van der Waals surface area contributed by atoms with Crippen molar-refractivity contribution >= 4 is 28.6 Å². The molecular formula is C22H22N2O5. The molecule has 0 aliphatic carbocycles. The van der Waals surface area contributed by atoms with Crippen molar-refractivity contribution in [3.63, 3.8) is 0 Å². The predicted octanol–water partition coefficient (Wildman–Crippen LogP) is 3.81. The highest BCUT2D eigenvalue weighted by Crippen LogP contribution is 2.26. The topological polar surface area (TPSA) is 106 Å². The Labute approximate surface area is 168 Å². The summed E-state index contributed by atoms with van der Waals surface area (Å²) in [5, 5.41) is 10.1. The first kappa shape index (κ1) is 21.8. The molecule has 0 aliphatic rings. The van der Waals surface area contributed by atoms with Gasteiger partial charge in [-0.1, -0.05) is 31.2 Å². The molecule has 7 heteroatoms. The number of Topliss-reactive ketones (excluding diaryl/α,β-unsaturated/α-hetero) is 1. The van der Waals surface area contributed by atoms with E-state index in [1.54, 1.807) is 18.4 Å². The molecule has 150 valence electrons. The van der Waals surface area contributed by atoms with Crippen LogP contribution in [-0.2, 0) is 19.1 Å². The third-order valence-electron chi connectivity index (χ3n) is 4.50. The molecule has 0 aliphatic heterocycles. The van der Waals surface area contributed by atoms with Gasteiger partial charge < -0.3 is 9.47 Å². The van der Waals surface area contributed by atoms with Gasteiger partial charge >= 0.3 is 5.97 Å². The lowest BCUT2D eigenvalue weighted by Crippen LogP contribution is -2.09. The second-order valence-electron chi connectivity index (χ2n) is 6.55. The van der Waals surface area contributed by atoms with E-state index in [-0.39, 0.29) is 30.7 Å². The van der Waals surface area contributed by atoms with Crippen LogP contribution in [0.1, 0.15) is 44.1 Å². The quantitative estimate of drug-likeness (QED) is 0.143. The minimum absolute atomic E-state index is 0.0939. The molecular weight excluding hydrogens is 372 g/mol. The van der Waals surface area contributed by atoms with E-state index in [0.29, 0.717) is 31.6 Å². The number of carbonyl (C=O) groups is 2. The van der Waals surface area contributed by atoms with Crippen molar-refractivity contribution in [2.75, 3.05) is 13.2 Å². The summed E-state index contributed by atoms with van der Waals surface area (Å²) in [7, 11) is 0. The number of ketones is 1. The highest BCUT2D eigenvalue weighted by molar-refractivity contribution is 5.89. The van der Waals surface area contributed by atoms with Crippen molar-refractivity contribution in [2.45, 2.75) is 38.5 Å². The number of carbonyl (C=O) groups excluding carboxylic acids is 3. The molecule has 0 saturated heterocycles. The molecule has 0 unspecified atom stereocenters. The normalized spacial score (nSPS) is 11.2. The molecule has 29 heavy (non-hydrogen) atoms. The number of nitrogens with zero attached hydrogens (tertiary/aromatic N) is 2. The van der Waals surface area contributed by atoms with Gasteiger partial charge in [-0.3, -0.25) is 9.59 Å². The van der Waals surface area contributed by atoms with Crippen LogP contribution in [0.25, 0.3) is 10.8 Å². The maximum Gasteiger partial charge on any atom is 0.311 e. The van der Waals surface area contributed by atoms with E-state index in [0.717, 1.165) is 16.3 Å². The van der Waals surface area contributed by atoms with Gasteiger partial charge in [-0.15, -0.1) is 0 Å². The Morgan fingerprint density at radius 1 is 1.10 bits per heavy atom. The molecule has 2 aromatic rings. The molecule has 0 saturated carbocycles. The standard InChI is InChI=1S/C22H22N2O5/c1-16(21(26)4-2-10-24-15-25)17-6-7-19-13-20(9-8-18(19)12-17)29-22(27)5-3-11-28-14-23/h6-9,12-13,16H,2-5,10-11H2,1H3/t16-/m1/s1. The molecule has 1 atom stereocenters. The van der Waals surface area contributed by atoms with E-state index in [2.05, 4.69) is 9.73 Å². The second-order valence-corrected chi connectivity index (χ2v) is 6.55. The molecule has 0 amide bonds. The Morgan fingerprint density at radius 3 is 2.62 bits per heavy atom. The molecule has 2 rings (SSSR count). The Kier molecular flexibility index (Phi) is 8.55. The highest BCUT2D eigenvalue weighted by atomic mass is 16.5. The number of ether oxygens (including phenoxy) is 2. The fraction of sp³-hybridized carbons (Fsp3) is 0.364. The summed E-state index contributed by atoms with van der Waals surface area (Å²) in [6.45, 7) is 2.36. The smallest absolute Gasteiger partial charge is 0.311 e. The molecule has 0 heterocycles. The number of fused-ring (bicyclic) bond motifs is 1. The van der Waals surface area contributed by atoms with Crippen LogP contribution in [0.3, 0.4) is 0 Å². The number of isocyanates is 1. The minimum atomic E-state index is -0.388. The van der Waals surface area contributed by atoms with E-state index in [4.69, 9.17) is 10.00 Å². The molecule has 0 aromatic heterocycles. The lowest BCUT2D eigenvalue weighted by Gasteiger charge is -2.12. The number of hydrogen-bond acceptors (Lipinski definition) is 7. The van der Waals surface area contributed by atoms with Gasteiger partial charge in [0.05, 0.1) is 6.54 Å². The predicted molar refractivity (Wildman–Crippen MR) is 106 cm³/mol. The lowest BCUT2D eigenvalue weighted by atomic mass is 9.92. The maximum atomic E-state index is 12.3. The monoisotopic (exact) mass is 394 g/mol. The van der Waals surface area contributed by atoms with Gasteiger partial charge in [-0.2, -0.15) is 5.26 Å². The third-order valence-corrected chi connectivity index (χ3v) is 4.50. The SMILES string of the molecule is C[C@@H](C(=O)CCCN=C=O)c1ccc2cc(OC(=O)CCCOC#N)ccc2c1. The summed E-state index contributed by atoms with van der Waals surface area (Å²) in [5.74, 6) is -0.110. The second kappa shape index (κ2) is 11.4. The van der Waals surface area contributed by atoms with Crippen LogP contribution in [0.15, 0.2) is 41.4 Å². The van der Waals surface area contributed by atoms with Crippen molar-refractivity contribution in [3.8, 4) is 12.0 Å². The Morgan fingerprint density at radius 2 is 1.86 bits per heavy atom. The summed E-state index contributed by atoms with van der Waals surface area (Å²) in [5.41, 5.74) is 0.906. The number of nitriles is 1. The van der Waals surface area contributed by atoms with Crippen molar-refractivity contribution in [2.24, 2.45) is 4.99 Å². The van der Waals surface area contributed by atoms with Crippen molar-refractivity contribution < 1.29 is 23.9 Å². The lowest BCUT2D eigenvalue weighted by molar-refractivity contribution is -0.134. The first-order valence-electron chi connectivity index (χ1n) is 9.36. The van der Waals surface area contributed by atoms with Gasteiger partial charge in [0.15, 0.2) is 0 Å². The Hall–Kier alpha value is -3.49. The van der Waals surface area contributed by atoms with Gasteiger partial charge in [0.25, 0.3) is 6.26 Å². The summed E-state index contributed by atoms with van der Waals surface area (Å²) in [6, 6.07) is 11.1. The highest BCUT2D eigenvalue weighted by Gasteiger charge is 2.15. The number of hydrogen-bond donors (Lipinski definition) is 0. The number of aliphatic imine (C=N–C) groups is 1. The Bertz CT molecular complexity index is 957. The minimum Gasteiger partial charge on any atom is -0.427 e. The molecule has 0 fully saturated rings. The third kappa shape index (κ3) is 6.87. The molecule has 0 spiro atoms. The average Bonchev–Trinajstić information content (AvgIpc) is 2.73. The maximum absolute atomic E-state index is 12.3. The summed E-state index contributed by atoms with van der Waals surface area (Å²) in [6.07, 6.45) is 4.49. The van der Waals surface area contributed by atoms with Gasteiger partial charge in [0.2, 0.25) is 6.08 Å². The Balaban J connectivity index is 1.99. The van der Waals surface area contributed by atoms with Crippen LogP contribution in [-0.4, -0.2) is 31.0 Å². The van der Waals surface area contributed by atoms with E-state index in [9.17, 15) is 14.4 Å². The molecule has 0 bridgehead atoms. The molecule has 0 radical (unpaired) electrons. The van der Waals surface area contributed by atoms with E-state index in [1.807, 2.05) is 31.2 Å². The van der Waals surface area contributed by atoms with Gasteiger partial charge in [0.1, 0.15) is 18.1 Å².